The molecule has 23 heavy (non-hydrogen) atoms. The van der Waals surface area contributed by atoms with E-state index in [-0.39, 0.29) is 5.56 Å². The first-order chi connectivity index (χ1) is 11.1. The van der Waals surface area contributed by atoms with Crippen LogP contribution in [0.15, 0.2) is 18.6 Å². The minimum absolute atomic E-state index is 0.126. The minimum atomic E-state index is -1.01. The van der Waals surface area contributed by atoms with E-state index in [0.717, 1.165) is 38.1 Å². The lowest BCUT2D eigenvalue weighted by molar-refractivity contribution is 0.0698. The highest BCUT2D eigenvalue weighted by atomic mass is 16.5. The molecule has 1 aliphatic rings. The van der Waals surface area contributed by atoms with Gasteiger partial charge in [0.1, 0.15) is 5.56 Å². The predicted octanol–water partition coefficient (Wildman–Crippen LogP) is 1.82. The van der Waals surface area contributed by atoms with Crippen LogP contribution in [0.25, 0.3) is 5.65 Å². The standard InChI is InChI=1S/C16H22N4O3/c1-19(6-2-4-13-5-3-7-23-13)10-12-8-17-15-14(16(21)22)9-18-20(15)11-12/h8-9,11,13H,2-7,10H2,1H3,(H,21,22)/t13-/m1/s1. The third kappa shape index (κ3) is 3.86. The zero-order valence-corrected chi connectivity index (χ0v) is 13.3. The topological polar surface area (TPSA) is 80.0 Å². The summed E-state index contributed by atoms with van der Waals surface area (Å²) in [4.78, 5) is 17.5. The van der Waals surface area contributed by atoms with Gasteiger partial charge < -0.3 is 14.7 Å². The Balaban J connectivity index is 1.54. The van der Waals surface area contributed by atoms with E-state index in [0.29, 0.717) is 11.8 Å². The lowest BCUT2D eigenvalue weighted by atomic mass is 10.1. The Kier molecular flexibility index (Phi) is 4.88. The summed E-state index contributed by atoms with van der Waals surface area (Å²) < 4.78 is 7.16. The molecule has 1 saturated heterocycles. The van der Waals surface area contributed by atoms with Gasteiger partial charge in [-0.25, -0.2) is 14.3 Å². The van der Waals surface area contributed by atoms with Gasteiger partial charge in [0.2, 0.25) is 0 Å². The van der Waals surface area contributed by atoms with Crippen molar-refractivity contribution in [2.75, 3.05) is 20.2 Å². The predicted molar refractivity (Wildman–Crippen MR) is 84.5 cm³/mol. The first kappa shape index (κ1) is 15.9. The fourth-order valence-corrected chi connectivity index (χ4v) is 3.00. The van der Waals surface area contributed by atoms with Gasteiger partial charge in [-0.3, -0.25) is 0 Å². The summed E-state index contributed by atoms with van der Waals surface area (Å²) in [7, 11) is 2.07. The minimum Gasteiger partial charge on any atom is -0.477 e. The van der Waals surface area contributed by atoms with Crippen molar-refractivity contribution in [2.45, 2.75) is 38.3 Å². The molecular formula is C16H22N4O3. The summed E-state index contributed by atoms with van der Waals surface area (Å²) in [6, 6.07) is 0. The molecule has 3 heterocycles. The summed E-state index contributed by atoms with van der Waals surface area (Å²) in [5.41, 5.74) is 1.51. The van der Waals surface area contributed by atoms with Crippen molar-refractivity contribution >= 4 is 11.6 Å². The number of rotatable bonds is 7. The molecule has 0 aliphatic carbocycles. The number of carbonyl (C=O) groups is 1. The highest BCUT2D eigenvalue weighted by molar-refractivity contribution is 5.93. The fraction of sp³-hybridized carbons (Fsp3) is 0.562. The number of carboxylic acid groups (broad SMARTS) is 1. The van der Waals surface area contributed by atoms with Gasteiger partial charge in [0.05, 0.1) is 12.3 Å². The van der Waals surface area contributed by atoms with Gasteiger partial charge in [-0.2, -0.15) is 5.10 Å². The molecule has 0 amide bonds. The Morgan fingerprint density at radius 3 is 3.13 bits per heavy atom. The summed E-state index contributed by atoms with van der Waals surface area (Å²) in [6.07, 6.45) is 9.94. The van der Waals surface area contributed by atoms with Gasteiger partial charge in [-0.15, -0.1) is 0 Å². The smallest absolute Gasteiger partial charge is 0.341 e. The van der Waals surface area contributed by atoms with Crippen LogP contribution < -0.4 is 0 Å². The van der Waals surface area contributed by atoms with Gasteiger partial charge in [0.15, 0.2) is 5.65 Å². The van der Waals surface area contributed by atoms with Crippen LogP contribution in [0.5, 0.6) is 0 Å². The number of hydrogen-bond donors (Lipinski definition) is 1. The van der Waals surface area contributed by atoms with Crippen LogP contribution in [-0.4, -0.2) is 56.9 Å². The van der Waals surface area contributed by atoms with Crippen LogP contribution in [0.3, 0.4) is 0 Å². The monoisotopic (exact) mass is 318 g/mol. The molecule has 7 heteroatoms. The molecule has 0 unspecified atom stereocenters. The van der Waals surface area contributed by atoms with Crippen molar-refractivity contribution in [1.29, 1.82) is 0 Å². The van der Waals surface area contributed by atoms with Crippen molar-refractivity contribution in [1.82, 2.24) is 19.5 Å². The Hall–Kier alpha value is -1.99. The second kappa shape index (κ2) is 7.06. The van der Waals surface area contributed by atoms with Crippen LogP contribution in [0.2, 0.25) is 0 Å². The Morgan fingerprint density at radius 2 is 2.39 bits per heavy atom. The number of aromatic nitrogens is 3. The third-order valence-electron chi connectivity index (χ3n) is 4.18. The van der Waals surface area contributed by atoms with Crippen molar-refractivity contribution in [2.24, 2.45) is 0 Å². The zero-order chi connectivity index (χ0) is 16.2. The Bertz CT molecular complexity index is 679. The van der Waals surface area contributed by atoms with E-state index in [4.69, 9.17) is 9.84 Å². The highest BCUT2D eigenvalue weighted by Gasteiger charge is 2.15. The van der Waals surface area contributed by atoms with E-state index >= 15 is 0 Å². The number of hydrogen-bond acceptors (Lipinski definition) is 5. The molecule has 0 radical (unpaired) electrons. The molecule has 2 aromatic heterocycles. The van der Waals surface area contributed by atoms with Crippen molar-refractivity contribution < 1.29 is 14.6 Å². The Labute approximate surface area is 134 Å². The summed E-state index contributed by atoms with van der Waals surface area (Å²) >= 11 is 0. The molecule has 0 spiro atoms. The van der Waals surface area contributed by atoms with Gasteiger partial charge in [-0.1, -0.05) is 0 Å². The summed E-state index contributed by atoms with van der Waals surface area (Å²) in [5.74, 6) is -1.01. The van der Waals surface area contributed by atoms with E-state index in [1.165, 1.54) is 23.6 Å². The first-order valence-electron chi connectivity index (χ1n) is 7.99. The first-order valence-corrected chi connectivity index (χ1v) is 7.99. The van der Waals surface area contributed by atoms with Crippen LogP contribution in [-0.2, 0) is 11.3 Å². The molecule has 1 N–H and O–H groups in total. The average Bonchev–Trinajstić information content (AvgIpc) is 3.15. The number of nitrogens with zero attached hydrogens (tertiary/aromatic N) is 4. The molecule has 1 fully saturated rings. The quantitative estimate of drug-likeness (QED) is 0.839. The number of fused-ring (bicyclic) bond motifs is 1. The van der Waals surface area contributed by atoms with Crippen molar-refractivity contribution in [3.8, 4) is 0 Å². The maximum absolute atomic E-state index is 11.1. The average molecular weight is 318 g/mol. The lowest BCUT2D eigenvalue weighted by Gasteiger charge is -2.17. The molecule has 0 saturated carbocycles. The molecule has 7 nitrogen and oxygen atoms in total. The van der Waals surface area contributed by atoms with E-state index < -0.39 is 5.97 Å². The van der Waals surface area contributed by atoms with Gasteiger partial charge in [-0.05, 0) is 39.3 Å². The molecule has 124 valence electrons. The summed E-state index contributed by atoms with van der Waals surface area (Å²) in [5, 5.41) is 13.1. The van der Waals surface area contributed by atoms with Gasteiger partial charge >= 0.3 is 5.97 Å². The number of ether oxygens (including phenoxy) is 1. The van der Waals surface area contributed by atoms with E-state index in [9.17, 15) is 4.79 Å². The maximum Gasteiger partial charge on any atom is 0.341 e. The zero-order valence-electron chi connectivity index (χ0n) is 13.3. The second-order valence-electron chi connectivity index (χ2n) is 6.11. The van der Waals surface area contributed by atoms with Crippen LogP contribution >= 0.6 is 0 Å². The van der Waals surface area contributed by atoms with Gasteiger partial charge in [0.25, 0.3) is 0 Å². The van der Waals surface area contributed by atoms with Crippen molar-refractivity contribution in [3.63, 3.8) is 0 Å². The highest BCUT2D eigenvalue weighted by Crippen LogP contribution is 2.17. The molecule has 2 aromatic rings. The van der Waals surface area contributed by atoms with Gasteiger partial charge in [0, 0.05) is 31.1 Å². The van der Waals surface area contributed by atoms with E-state index in [1.54, 1.807) is 6.20 Å². The molecule has 0 bridgehead atoms. The molecule has 0 aromatic carbocycles. The SMILES string of the molecule is CN(CCC[C@@H]1CCCO1)Cc1cnc2c(C(=O)O)cnn2c1. The molecule has 3 rings (SSSR count). The lowest BCUT2D eigenvalue weighted by Crippen LogP contribution is -2.21. The third-order valence-corrected chi connectivity index (χ3v) is 4.18. The van der Waals surface area contributed by atoms with Crippen LogP contribution in [0, 0.1) is 0 Å². The molecular weight excluding hydrogens is 296 g/mol. The summed E-state index contributed by atoms with van der Waals surface area (Å²) in [6.45, 7) is 2.67. The van der Waals surface area contributed by atoms with Crippen LogP contribution in [0.1, 0.15) is 41.6 Å². The number of aromatic carboxylic acids is 1. The molecule has 1 atom stereocenters. The second-order valence-corrected chi connectivity index (χ2v) is 6.11. The van der Waals surface area contributed by atoms with E-state index in [1.807, 2.05) is 6.20 Å². The number of carboxylic acids is 1. The molecule has 1 aliphatic heterocycles. The van der Waals surface area contributed by atoms with Crippen molar-refractivity contribution in [3.05, 3.63) is 29.7 Å². The van der Waals surface area contributed by atoms with Crippen LogP contribution in [0.4, 0.5) is 0 Å². The Morgan fingerprint density at radius 1 is 1.52 bits per heavy atom. The normalized spacial score (nSPS) is 18.1. The maximum atomic E-state index is 11.1. The largest absolute Gasteiger partial charge is 0.477 e. The van der Waals surface area contributed by atoms with E-state index in [2.05, 4.69) is 22.0 Å². The fourth-order valence-electron chi connectivity index (χ4n) is 3.00.